The summed E-state index contributed by atoms with van der Waals surface area (Å²) in [5.41, 5.74) is 0.590. The molecule has 0 aliphatic rings. The van der Waals surface area contributed by atoms with Crippen molar-refractivity contribution in [2.24, 2.45) is 0 Å². The topological polar surface area (TPSA) is 29.1 Å². The van der Waals surface area contributed by atoms with Crippen molar-refractivity contribution in [3.63, 3.8) is 0 Å². The molecule has 4 heteroatoms. The lowest BCUT2D eigenvalue weighted by Crippen LogP contribution is -2.32. The van der Waals surface area contributed by atoms with Crippen LogP contribution in [-0.4, -0.2) is 11.9 Å². The van der Waals surface area contributed by atoms with E-state index in [9.17, 15) is 4.79 Å². The van der Waals surface area contributed by atoms with E-state index in [1.54, 1.807) is 24.3 Å². The Morgan fingerprint density at radius 3 is 2.94 bits per heavy atom. The van der Waals surface area contributed by atoms with Gasteiger partial charge in [0.15, 0.2) is 0 Å². The average Bonchev–Trinajstić information content (AvgIpc) is 2.22. The summed E-state index contributed by atoms with van der Waals surface area (Å²) in [5, 5.41) is 3.46. The minimum atomic E-state index is -0.105. The van der Waals surface area contributed by atoms with Gasteiger partial charge in [0.1, 0.15) is 0 Å². The molecule has 0 bridgehead atoms. The maximum Gasteiger partial charge on any atom is 0.251 e. The summed E-state index contributed by atoms with van der Waals surface area (Å²) in [7, 11) is 0. The van der Waals surface area contributed by atoms with E-state index in [0.717, 1.165) is 10.9 Å². The molecule has 1 aromatic carbocycles. The Kier molecular flexibility index (Phi) is 5.03. The van der Waals surface area contributed by atoms with Crippen molar-refractivity contribution >= 4 is 33.4 Å². The van der Waals surface area contributed by atoms with Crippen LogP contribution in [0.25, 0.3) is 0 Å². The molecule has 0 spiro atoms. The number of nitrogens with one attached hydrogen (secondary N) is 1. The molecular weight excluding hydrogens is 289 g/mol. The van der Waals surface area contributed by atoms with Gasteiger partial charge >= 0.3 is 0 Å². The predicted molar refractivity (Wildman–Crippen MR) is 70.9 cm³/mol. The normalized spacial score (nSPS) is 11.9. The largest absolute Gasteiger partial charge is 0.349 e. The van der Waals surface area contributed by atoms with Crippen LogP contribution < -0.4 is 5.32 Å². The zero-order chi connectivity index (χ0) is 12.1. The smallest absolute Gasteiger partial charge is 0.251 e. The summed E-state index contributed by atoms with van der Waals surface area (Å²) in [5.74, 6) is -0.105. The predicted octanol–water partition coefficient (Wildman–Crippen LogP) is 3.80. The third-order valence-corrected chi connectivity index (χ3v) is 3.29. The lowest BCUT2D eigenvalue weighted by Gasteiger charge is -2.11. The van der Waals surface area contributed by atoms with E-state index in [0.29, 0.717) is 10.6 Å². The first-order valence-corrected chi connectivity index (χ1v) is 6.08. The molecule has 0 aliphatic heterocycles. The van der Waals surface area contributed by atoms with Gasteiger partial charge in [0.05, 0.1) is 5.02 Å². The number of carbonyl (C=O) groups excluding carboxylic acids is 1. The van der Waals surface area contributed by atoms with Crippen molar-refractivity contribution in [1.82, 2.24) is 5.32 Å². The summed E-state index contributed by atoms with van der Waals surface area (Å²) in [6.45, 7) is 5.57. The molecule has 0 saturated heterocycles. The van der Waals surface area contributed by atoms with Crippen LogP contribution in [0.4, 0.5) is 0 Å². The number of carbonyl (C=O) groups is 1. The van der Waals surface area contributed by atoms with Gasteiger partial charge in [0.2, 0.25) is 0 Å². The van der Waals surface area contributed by atoms with E-state index < -0.39 is 0 Å². The molecule has 0 saturated carbocycles. The molecule has 1 unspecified atom stereocenters. The second-order valence-corrected chi connectivity index (χ2v) is 4.79. The van der Waals surface area contributed by atoms with Gasteiger partial charge in [0.25, 0.3) is 5.91 Å². The van der Waals surface area contributed by atoms with Gasteiger partial charge in [-0.2, -0.15) is 0 Å². The monoisotopic (exact) mass is 301 g/mol. The Morgan fingerprint density at radius 1 is 1.69 bits per heavy atom. The van der Waals surface area contributed by atoms with Crippen molar-refractivity contribution in [3.8, 4) is 0 Å². The number of hydrogen-bond donors (Lipinski definition) is 1. The summed E-state index contributed by atoms with van der Waals surface area (Å²) in [6, 6.07) is 5.18. The van der Waals surface area contributed by atoms with Crippen LogP contribution >= 0.6 is 27.5 Å². The molecule has 0 aliphatic carbocycles. The minimum absolute atomic E-state index is 0.0828. The molecule has 1 amide bonds. The number of benzene rings is 1. The van der Waals surface area contributed by atoms with E-state index in [2.05, 4.69) is 27.8 Å². The van der Waals surface area contributed by atoms with Crippen LogP contribution in [0.3, 0.4) is 0 Å². The molecule has 0 fully saturated rings. The summed E-state index contributed by atoms with van der Waals surface area (Å²) >= 11 is 9.13. The maximum absolute atomic E-state index is 11.8. The highest BCUT2D eigenvalue weighted by molar-refractivity contribution is 9.10. The van der Waals surface area contributed by atoms with Gasteiger partial charge in [-0.05, 0) is 47.5 Å². The number of amides is 1. The molecular formula is C12H13BrClNO. The average molecular weight is 303 g/mol. The van der Waals surface area contributed by atoms with Gasteiger partial charge in [0, 0.05) is 16.1 Å². The van der Waals surface area contributed by atoms with E-state index in [1.807, 2.05) is 6.92 Å². The molecule has 86 valence electrons. The highest BCUT2D eigenvalue weighted by Gasteiger charge is 2.09. The Balaban J connectivity index is 2.73. The third kappa shape index (κ3) is 3.65. The molecule has 1 N–H and O–H groups in total. The van der Waals surface area contributed by atoms with Gasteiger partial charge in [-0.25, -0.2) is 0 Å². The van der Waals surface area contributed by atoms with Gasteiger partial charge in [-0.1, -0.05) is 17.7 Å². The molecule has 1 aromatic rings. The SMILES string of the molecule is C=CCC(C)NC(=O)c1ccc(Cl)c(Br)c1. The molecule has 16 heavy (non-hydrogen) atoms. The van der Waals surface area contributed by atoms with Crippen LogP contribution in [0.5, 0.6) is 0 Å². The van der Waals surface area contributed by atoms with Gasteiger partial charge < -0.3 is 5.32 Å². The minimum Gasteiger partial charge on any atom is -0.349 e. The zero-order valence-electron chi connectivity index (χ0n) is 8.97. The first kappa shape index (κ1) is 13.3. The molecule has 2 nitrogen and oxygen atoms in total. The maximum atomic E-state index is 11.8. The standard InChI is InChI=1S/C12H13BrClNO/c1-3-4-8(2)15-12(16)9-5-6-11(14)10(13)7-9/h3,5-8H,1,4H2,2H3,(H,15,16). The Hall–Kier alpha value is -0.800. The van der Waals surface area contributed by atoms with Crippen LogP contribution in [-0.2, 0) is 0 Å². The van der Waals surface area contributed by atoms with Crippen molar-refractivity contribution in [1.29, 1.82) is 0 Å². The number of hydrogen-bond acceptors (Lipinski definition) is 1. The Labute approximate surface area is 109 Å². The third-order valence-electron chi connectivity index (χ3n) is 2.08. The van der Waals surface area contributed by atoms with Crippen molar-refractivity contribution < 1.29 is 4.79 Å². The zero-order valence-corrected chi connectivity index (χ0v) is 11.3. The summed E-state index contributed by atoms with van der Waals surface area (Å²) in [6.07, 6.45) is 2.53. The fraction of sp³-hybridized carbons (Fsp3) is 0.250. The van der Waals surface area contributed by atoms with Gasteiger partial charge in [-0.3, -0.25) is 4.79 Å². The van der Waals surface area contributed by atoms with E-state index in [4.69, 9.17) is 11.6 Å². The number of halogens is 2. The molecule has 1 rings (SSSR count). The second-order valence-electron chi connectivity index (χ2n) is 3.53. The molecule has 0 radical (unpaired) electrons. The van der Waals surface area contributed by atoms with Crippen LogP contribution in [0.15, 0.2) is 35.3 Å². The van der Waals surface area contributed by atoms with E-state index >= 15 is 0 Å². The molecule has 1 atom stereocenters. The van der Waals surface area contributed by atoms with Crippen LogP contribution in [0.1, 0.15) is 23.7 Å². The van der Waals surface area contributed by atoms with Crippen molar-refractivity contribution in [2.45, 2.75) is 19.4 Å². The summed E-state index contributed by atoms with van der Waals surface area (Å²) in [4.78, 5) is 11.8. The van der Waals surface area contributed by atoms with Crippen LogP contribution in [0, 0.1) is 0 Å². The Morgan fingerprint density at radius 2 is 2.38 bits per heavy atom. The lowest BCUT2D eigenvalue weighted by atomic mass is 10.2. The lowest BCUT2D eigenvalue weighted by molar-refractivity contribution is 0.0940. The molecule has 0 aromatic heterocycles. The van der Waals surface area contributed by atoms with E-state index in [1.165, 1.54) is 0 Å². The quantitative estimate of drug-likeness (QED) is 0.842. The van der Waals surface area contributed by atoms with Crippen molar-refractivity contribution in [2.75, 3.05) is 0 Å². The number of rotatable bonds is 4. The second kappa shape index (κ2) is 6.06. The fourth-order valence-electron chi connectivity index (χ4n) is 1.25. The van der Waals surface area contributed by atoms with Crippen LogP contribution in [0.2, 0.25) is 5.02 Å². The van der Waals surface area contributed by atoms with E-state index in [-0.39, 0.29) is 11.9 Å². The first-order valence-electron chi connectivity index (χ1n) is 4.91. The highest BCUT2D eigenvalue weighted by Crippen LogP contribution is 2.23. The first-order chi connectivity index (χ1) is 7.54. The fourth-order valence-corrected chi connectivity index (χ4v) is 1.75. The molecule has 0 heterocycles. The highest BCUT2D eigenvalue weighted by atomic mass is 79.9. The van der Waals surface area contributed by atoms with Crippen molar-refractivity contribution in [3.05, 3.63) is 45.9 Å². The summed E-state index contributed by atoms with van der Waals surface area (Å²) < 4.78 is 0.721. The van der Waals surface area contributed by atoms with Gasteiger partial charge in [-0.15, -0.1) is 6.58 Å². The Bertz CT molecular complexity index is 406.